The summed E-state index contributed by atoms with van der Waals surface area (Å²) in [5.74, 6) is 1.29. The van der Waals surface area contributed by atoms with Gasteiger partial charge < -0.3 is 14.7 Å². The van der Waals surface area contributed by atoms with Gasteiger partial charge in [-0.05, 0) is 43.6 Å². The fourth-order valence-electron chi connectivity index (χ4n) is 4.14. The lowest BCUT2D eigenvalue weighted by molar-refractivity contribution is -0.129. The van der Waals surface area contributed by atoms with Crippen LogP contribution in [-0.2, 0) is 16.1 Å². The first-order valence-electron chi connectivity index (χ1n) is 10.6. The molecule has 2 rings (SSSR count). The predicted molar refractivity (Wildman–Crippen MR) is 126 cm³/mol. The summed E-state index contributed by atoms with van der Waals surface area (Å²) in [6.07, 6.45) is 9.72. The number of rotatable bonds is 7. The number of methoxy groups -OCH3 is 1. The summed E-state index contributed by atoms with van der Waals surface area (Å²) in [5.41, 5.74) is 2.62. The van der Waals surface area contributed by atoms with Gasteiger partial charge in [0.2, 0.25) is 0 Å². The minimum absolute atomic E-state index is 0.00275. The Morgan fingerprint density at radius 2 is 2.03 bits per heavy atom. The van der Waals surface area contributed by atoms with E-state index in [9.17, 15) is 9.90 Å². The maximum Gasteiger partial charge on any atom is 0.144 e. The van der Waals surface area contributed by atoms with E-state index < -0.39 is 0 Å². The van der Waals surface area contributed by atoms with Gasteiger partial charge in [-0.25, -0.2) is 0 Å². The van der Waals surface area contributed by atoms with Crippen molar-refractivity contribution in [2.75, 3.05) is 14.2 Å². The number of halogens is 1. The quantitative estimate of drug-likeness (QED) is 0.315. The van der Waals surface area contributed by atoms with Gasteiger partial charge in [-0.3, -0.25) is 4.79 Å². The molecule has 0 aromatic heterocycles. The van der Waals surface area contributed by atoms with Crippen LogP contribution >= 0.6 is 11.6 Å². The number of ketones is 1. The molecule has 1 aliphatic rings. The Morgan fingerprint density at radius 1 is 1.35 bits per heavy atom. The van der Waals surface area contributed by atoms with E-state index in [0.29, 0.717) is 52.0 Å². The molecule has 0 saturated heterocycles. The van der Waals surface area contributed by atoms with Crippen LogP contribution in [0.5, 0.6) is 11.5 Å². The predicted octanol–water partition coefficient (Wildman–Crippen LogP) is 6.03. The lowest BCUT2D eigenvalue weighted by Crippen LogP contribution is -2.40. The number of ether oxygens (including phenoxy) is 1. The Hall–Kier alpha value is -2.27. The topological polar surface area (TPSA) is 68.1 Å². The van der Waals surface area contributed by atoms with Crippen LogP contribution in [0.25, 0.3) is 0 Å². The monoisotopic (exact) mass is 447 g/mol. The number of allylic oxidation sites excluding steroid dienone is 4. The SMILES string of the molecule is CO/N=C/c1c(C)c(Cl)c(OC)c(C/C=C(C)/C=C/[C@@]2(C)[C@H](C)CCC(=O)[C@@H]2C)c1O. The Balaban J connectivity index is 2.36. The standard InChI is InChI=1S/C25H34ClNO4/c1-15(12-13-25(5)16(2)9-11-21(28)18(25)4)8-10-19-23(29)20(14-27-31-7)17(3)22(26)24(19)30-6/h8,12-14,16,18,29H,9-11H2,1-7H3/b13-12+,15-8+,27-14+/t16-,18+,25+/m1/s1. The number of hydrogen-bond donors (Lipinski definition) is 1. The zero-order valence-corrected chi connectivity index (χ0v) is 20.3. The van der Waals surface area contributed by atoms with Gasteiger partial charge in [0.1, 0.15) is 24.4 Å². The first-order valence-corrected chi connectivity index (χ1v) is 11.0. The minimum Gasteiger partial charge on any atom is -0.507 e. The second-order valence-corrected chi connectivity index (χ2v) is 8.99. The second kappa shape index (κ2) is 10.4. The van der Waals surface area contributed by atoms with Crippen LogP contribution in [0.15, 0.2) is 29.0 Å². The van der Waals surface area contributed by atoms with Gasteiger partial charge in [0.15, 0.2) is 0 Å². The van der Waals surface area contributed by atoms with Crippen molar-refractivity contribution in [1.82, 2.24) is 0 Å². The summed E-state index contributed by atoms with van der Waals surface area (Å²) in [5, 5.41) is 15.1. The number of carbonyl (C=O) groups is 1. The van der Waals surface area contributed by atoms with Crippen LogP contribution in [0, 0.1) is 24.2 Å². The molecule has 0 aliphatic heterocycles. The highest BCUT2D eigenvalue weighted by molar-refractivity contribution is 6.33. The summed E-state index contributed by atoms with van der Waals surface area (Å²) in [6.45, 7) is 10.2. The molecule has 0 unspecified atom stereocenters. The third-order valence-electron chi connectivity index (χ3n) is 6.87. The number of oxime groups is 1. The van der Waals surface area contributed by atoms with E-state index >= 15 is 0 Å². The van der Waals surface area contributed by atoms with Crippen molar-refractivity contribution in [2.24, 2.45) is 22.4 Å². The van der Waals surface area contributed by atoms with Crippen molar-refractivity contribution in [3.63, 3.8) is 0 Å². The highest BCUT2D eigenvalue weighted by atomic mass is 35.5. The molecule has 1 saturated carbocycles. The number of phenolic OH excluding ortho intramolecular Hbond substituents is 1. The molecule has 0 spiro atoms. The number of aromatic hydroxyl groups is 1. The van der Waals surface area contributed by atoms with Crippen LogP contribution in [-0.4, -0.2) is 31.3 Å². The Kier molecular flexibility index (Phi) is 8.35. The van der Waals surface area contributed by atoms with Crippen molar-refractivity contribution in [1.29, 1.82) is 0 Å². The molecule has 0 bridgehead atoms. The van der Waals surface area contributed by atoms with Crippen LogP contribution in [0.4, 0.5) is 0 Å². The molecule has 1 fully saturated rings. The molecule has 1 N–H and O–H groups in total. The molecule has 0 heterocycles. The summed E-state index contributed by atoms with van der Waals surface area (Å²) < 4.78 is 5.49. The van der Waals surface area contributed by atoms with Crippen LogP contribution in [0.1, 0.15) is 57.2 Å². The Bertz CT molecular complexity index is 919. The number of carbonyl (C=O) groups excluding carboxylic acids is 1. The summed E-state index contributed by atoms with van der Waals surface area (Å²) in [7, 11) is 2.97. The van der Waals surface area contributed by atoms with Gasteiger partial charge in [-0.1, -0.05) is 61.3 Å². The number of benzene rings is 1. The van der Waals surface area contributed by atoms with Crippen molar-refractivity contribution >= 4 is 23.6 Å². The van der Waals surface area contributed by atoms with Crippen molar-refractivity contribution in [2.45, 2.75) is 53.9 Å². The Morgan fingerprint density at radius 3 is 2.65 bits per heavy atom. The van der Waals surface area contributed by atoms with Crippen molar-refractivity contribution in [3.05, 3.63) is 45.5 Å². The smallest absolute Gasteiger partial charge is 0.144 e. The third-order valence-corrected chi connectivity index (χ3v) is 7.33. The molecule has 170 valence electrons. The van der Waals surface area contributed by atoms with Gasteiger partial charge in [0.05, 0.1) is 18.3 Å². The lowest BCUT2D eigenvalue weighted by Gasteiger charge is -2.42. The largest absolute Gasteiger partial charge is 0.507 e. The minimum atomic E-state index is -0.165. The molecule has 31 heavy (non-hydrogen) atoms. The van der Waals surface area contributed by atoms with Gasteiger partial charge in [-0.15, -0.1) is 0 Å². The van der Waals surface area contributed by atoms with E-state index in [1.807, 2.05) is 19.9 Å². The van der Waals surface area contributed by atoms with Gasteiger partial charge in [-0.2, -0.15) is 0 Å². The lowest BCUT2D eigenvalue weighted by atomic mass is 9.61. The normalized spacial score (nSPS) is 24.9. The average Bonchev–Trinajstić information content (AvgIpc) is 2.75. The number of nitrogens with zero attached hydrogens (tertiary/aromatic N) is 1. The average molecular weight is 448 g/mol. The molecule has 0 radical (unpaired) electrons. The molecule has 1 aromatic carbocycles. The molecule has 1 aliphatic carbocycles. The maximum absolute atomic E-state index is 12.3. The highest BCUT2D eigenvalue weighted by Gasteiger charge is 2.41. The molecule has 0 amide bonds. The molecule has 5 nitrogen and oxygen atoms in total. The number of phenols is 1. The second-order valence-electron chi connectivity index (χ2n) is 8.61. The fourth-order valence-corrected chi connectivity index (χ4v) is 4.44. The number of Topliss-reactive ketones (excluding diaryl/α,β-unsaturated/α-hetero) is 1. The molecular formula is C25H34ClNO4. The number of hydrogen-bond acceptors (Lipinski definition) is 5. The Labute approximate surface area is 190 Å². The van der Waals surface area contributed by atoms with Crippen LogP contribution in [0.2, 0.25) is 5.02 Å². The van der Waals surface area contributed by atoms with E-state index in [-0.39, 0.29) is 17.1 Å². The molecule has 3 atom stereocenters. The molecular weight excluding hydrogens is 414 g/mol. The van der Waals surface area contributed by atoms with Crippen LogP contribution in [0.3, 0.4) is 0 Å². The van der Waals surface area contributed by atoms with E-state index in [1.54, 1.807) is 6.92 Å². The van der Waals surface area contributed by atoms with Crippen LogP contribution < -0.4 is 4.74 Å². The van der Waals surface area contributed by atoms with Crippen molar-refractivity contribution in [3.8, 4) is 11.5 Å². The van der Waals surface area contributed by atoms with Gasteiger partial charge in [0.25, 0.3) is 0 Å². The first-order chi connectivity index (χ1) is 14.6. The summed E-state index contributed by atoms with van der Waals surface area (Å²) in [6, 6.07) is 0. The maximum atomic E-state index is 12.3. The molecule has 6 heteroatoms. The van der Waals surface area contributed by atoms with E-state index in [1.165, 1.54) is 20.4 Å². The zero-order chi connectivity index (χ0) is 23.3. The van der Waals surface area contributed by atoms with Crippen molar-refractivity contribution < 1.29 is 19.5 Å². The van der Waals surface area contributed by atoms with E-state index in [0.717, 1.165) is 12.0 Å². The zero-order valence-electron chi connectivity index (χ0n) is 19.6. The first kappa shape index (κ1) is 25.0. The third kappa shape index (κ3) is 5.15. The van der Waals surface area contributed by atoms with E-state index in [2.05, 4.69) is 31.2 Å². The highest BCUT2D eigenvalue weighted by Crippen LogP contribution is 2.45. The van der Waals surface area contributed by atoms with Gasteiger partial charge >= 0.3 is 0 Å². The summed E-state index contributed by atoms with van der Waals surface area (Å²) >= 11 is 6.49. The molecule has 1 aromatic rings. The summed E-state index contributed by atoms with van der Waals surface area (Å²) in [4.78, 5) is 17.0. The van der Waals surface area contributed by atoms with Gasteiger partial charge in [0, 0.05) is 23.5 Å². The fraction of sp³-hybridized carbons (Fsp3) is 0.520. The van der Waals surface area contributed by atoms with E-state index in [4.69, 9.17) is 21.2 Å².